The van der Waals surface area contributed by atoms with Crippen LogP contribution in [0.5, 0.6) is 5.75 Å². The van der Waals surface area contributed by atoms with Gasteiger partial charge >= 0.3 is 0 Å². The zero-order chi connectivity index (χ0) is 24.9. The molecule has 0 spiro atoms. The smallest absolute Gasteiger partial charge is 0.270 e. The standard InChI is InChI=1S/C30H28N4O2/c1-21(16-17-22-10-5-3-6-11-22)31-30(35)28-19-26(24-14-9-15-25(18-24)36-2)32-29-20-27(33-34(28)29)23-12-7-4-8-13-23/h3-15,18-21H,16-17H2,1-2H3,(H,31,35). The monoisotopic (exact) mass is 476 g/mol. The number of aromatic nitrogens is 3. The van der Waals surface area contributed by atoms with Crippen LogP contribution < -0.4 is 10.1 Å². The van der Waals surface area contributed by atoms with Crippen LogP contribution in [-0.4, -0.2) is 33.7 Å². The molecule has 0 saturated carbocycles. The number of hydrogen-bond acceptors (Lipinski definition) is 4. The van der Waals surface area contributed by atoms with E-state index in [4.69, 9.17) is 14.8 Å². The van der Waals surface area contributed by atoms with Crippen LogP contribution in [0.25, 0.3) is 28.2 Å². The molecule has 0 saturated heterocycles. The van der Waals surface area contributed by atoms with E-state index < -0.39 is 0 Å². The normalized spacial score (nSPS) is 11.8. The summed E-state index contributed by atoms with van der Waals surface area (Å²) in [5.74, 6) is 0.544. The fourth-order valence-corrected chi connectivity index (χ4v) is 4.21. The molecule has 1 unspecified atom stereocenters. The summed E-state index contributed by atoms with van der Waals surface area (Å²) in [7, 11) is 1.63. The fourth-order valence-electron chi connectivity index (χ4n) is 4.21. The number of nitrogens with zero attached hydrogens (tertiary/aromatic N) is 3. The van der Waals surface area contributed by atoms with Crippen molar-refractivity contribution in [2.45, 2.75) is 25.8 Å². The SMILES string of the molecule is COc1cccc(-c2cc(C(=O)NC(C)CCc3ccccc3)n3nc(-c4ccccc4)cc3n2)c1. The Morgan fingerprint density at radius 3 is 2.36 bits per heavy atom. The molecular formula is C30H28N4O2. The number of ether oxygens (including phenoxy) is 1. The van der Waals surface area contributed by atoms with Gasteiger partial charge in [0.15, 0.2) is 5.65 Å². The van der Waals surface area contributed by atoms with Gasteiger partial charge in [-0.15, -0.1) is 0 Å². The Balaban J connectivity index is 1.49. The number of amides is 1. The summed E-state index contributed by atoms with van der Waals surface area (Å²) in [6.07, 6.45) is 1.73. The first kappa shape index (κ1) is 23.3. The maximum atomic E-state index is 13.5. The second kappa shape index (κ2) is 10.4. The minimum absolute atomic E-state index is 0.00894. The van der Waals surface area contributed by atoms with Crippen LogP contribution in [-0.2, 0) is 6.42 Å². The third-order valence-corrected chi connectivity index (χ3v) is 6.18. The van der Waals surface area contributed by atoms with Crippen LogP contribution >= 0.6 is 0 Å². The number of fused-ring (bicyclic) bond motifs is 1. The van der Waals surface area contributed by atoms with Gasteiger partial charge in [0.05, 0.1) is 18.5 Å². The number of methoxy groups -OCH3 is 1. The summed E-state index contributed by atoms with van der Waals surface area (Å²) in [5.41, 5.74) is 5.58. The van der Waals surface area contributed by atoms with Gasteiger partial charge in [-0.25, -0.2) is 9.50 Å². The van der Waals surface area contributed by atoms with Gasteiger partial charge in [0.1, 0.15) is 11.4 Å². The van der Waals surface area contributed by atoms with E-state index in [-0.39, 0.29) is 11.9 Å². The van der Waals surface area contributed by atoms with Crippen molar-refractivity contribution in [1.29, 1.82) is 0 Å². The van der Waals surface area contributed by atoms with Crippen molar-refractivity contribution in [3.05, 3.63) is 108 Å². The molecule has 0 aliphatic heterocycles. The molecule has 2 heterocycles. The molecule has 5 rings (SSSR count). The number of carbonyl (C=O) groups is 1. The van der Waals surface area contributed by atoms with Crippen LogP contribution in [0.15, 0.2) is 97.1 Å². The van der Waals surface area contributed by atoms with E-state index in [1.807, 2.05) is 85.8 Å². The number of aryl methyl sites for hydroxylation is 1. The lowest BCUT2D eigenvalue weighted by Crippen LogP contribution is -2.34. The summed E-state index contributed by atoms with van der Waals surface area (Å²) in [6.45, 7) is 2.03. The van der Waals surface area contributed by atoms with E-state index in [0.29, 0.717) is 17.0 Å². The Morgan fingerprint density at radius 2 is 1.61 bits per heavy atom. The van der Waals surface area contributed by atoms with Crippen molar-refractivity contribution in [3.8, 4) is 28.3 Å². The van der Waals surface area contributed by atoms with Gasteiger partial charge in [0.25, 0.3) is 5.91 Å². The van der Waals surface area contributed by atoms with Gasteiger partial charge in [0.2, 0.25) is 0 Å². The summed E-state index contributed by atoms with van der Waals surface area (Å²) >= 11 is 0. The average Bonchev–Trinajstić information content (AvgIpc) is 3.37. The van der Waals surface area contributed by atoms with Crippen molar-refractivity contribution in [2.24, 2.45) is 0 Å². The second-order valence-electron chi connectivity index (χ2n) is 8.82. The topological polar surface area (TPSA) is 68.5 Å². The van der Waals surface area contributed by atoms with E-state index in [0.717, 1.165) is 35.4 Å². The maximum absolute atomic E-state index is 13.5. The molecule has 3 aromatic carbocycles. The van der Waals surface area contributed by atoms with Gasteiger partial charge in [-0.05, 0) is 43.5 Å². The van der Waals surface area contributed by atoms with Crippen molar-refractivity contribution < 1.29 is 9.53 Å². The molecule has 180 valence electrons. The van der Waals surface area contributed by atoms with Gasteiger partial charge < -0.3 is 10.1 Å². The van der Waals surface area contributed by atoms with Crippen molar-refractivity contribution in [2.75, 3.05) is 7.11 Å². The molecule has 0 aliphatic rings. The van der Waals surface area contributed by atoms with Crippen LogP contribution in [0, 0.1) is 0 Å². The first-order valence-corrected chi connectivity index (χ1v) is 12.1. The lowest BCUT2D eigenvalue weighted by atomic mass is 10.1. The lowest BCUT2D eigenvalue weighted by molar-refractivity contribution is 0.0931. The van der Waals surface area contributed by atoms with Crippen molar-refractivity contribution >= 4 is 11.6 Å². The summed E-state index contributed by atoms with van der Waals surface area (Å²) in [5, 5.41) is 7.90. The minimum Gasteiger partial charge on any atom is -0.497 e. The molecule has 6 heteroatoms. The summed E-state index contributed by atoms with van der Waals surface area (Å²) in [4.78, 5) is 18.3. The number of carbonyl (C=O) groups excluding carboxylic acids is 1. The first-order valence-electron chi connectivity index (χ1n) is 12.1. The largest absolute Gasteiger partial charge is 0.497 e. The van der Waals surface area contributed by atoms with Crippen molar-refractivity contribution in [1.82, 2.24) is 19.9 Å². The lowest BCUT2D eigenvalue weighted by Gasteiger charge is -2.15. The maximum Gasteiger partial charge on any atom is 0.270 e. The van der Waals surface area contributed by atoms with E-state index in [1.165, 1.54) is 5.56 Å². The molecule has 1 N–H and O–H groups in total. The minimum atomic E-state index is -0.185. The van der Waals surface area contributed by atoms with Gasteiger partial charge in [0, 0.05) is 23.2 Å². The van der Waals surface area contributed by atoms with Gasteiger partial charge in [-0.3, -0.25) is 4.79 Å². The summed E-state index contributed by atoms with van der Waals surface area (Å²) < 4.78 is 7.03. The molecule has 0 bridgehead atoms. The molecule has 5 aromatic rings. The predicted molar refractivity (Wildman–Crippen MR) is 142 cm³/mol. The predicted octanol–water partition coefficient (Wildman–Crippen LogP) is 5.82. The van der Waals surface area contributed by atoms with E-state index in [9.17, 15) is 4.79 Å². The molecule has 0 aliphatic carbocycles. The number of hydrogen-bond donors (Lipinski definition) is 1. The van der Waals surface area contributed by atoms with Gasteiger partial charge in [-0.2, -0.15) is 5.10 Å². The number of benzene rings is 3. The molecule has 6 nitrogen and oxygen atoms in total. The third kappa shape index (κ3) is 5.13. The van der Waals surface area contributed by atoms with Crippen LogP contribution in [0.3, 0.4) is 0 Å². The molecule has 2 aromatic heterocycles. The molecule has 36 heavy (non-hydrogen) atoms. The molecule has 1 amide bonds. The highest BCUT2D eigenvalue weighted by Gasteiger charge is 2.19. The third-order valence-electron chi connectivity index (χ3n) is 6.18. The van der Waals surface area contributed by atoms with Crippen molar-refractivity contribution in [3.63, 3.8) is 0 Å². The Labute approximate surface area is 210 Å². The Hall–Kier alpha value is -4.45. The molecule has 1 atom stereocenters. The number of rotatable bonds is 8. The molecular weight excluding hydrogens is 448 g/mol. The van der Waals surface area contributed by atoms with Crippen LogP contribution in [0.1, 0.15) is 29.4 Å². The second-order valence-corrected chi connectivity index (χ2v) is 8.82. The number of nitrogens with one attached hydrogen (secondary N) is 1. The highest BCUT2D eigenvalue weighted by atomic mass is 16.5. The fraction of sp³-hybridized carbons (Fsp3) is 0.167. The zero-order valence-electron chi connectivity index (χ0n) is 20.4. The van der Waals surface area contributed by atoms with E-state index in [2.05, 4.69) is 17.4 Å². The average molecular weight is 477 g/mol. The first-order chi connectivity index (χ1) is 17.6. The highest BCUT2D eigenvalue weighted by molar-refractivity contribution is 5.94. The van der Waals surface area contributed by atoms with Crippen LogP contribution in [0.2, 0.25) is 0 Å². The van der Waals surface area contributed by atoms with E-state index in [1.54, 1.807) is 17.7 Å². The zero-order valence-corrected chi connectivity index (χ0v) is 20.4. The highest BCUT2D eigenvalue weighted by Crippen LogP contribution is 2.26. The summed E-state index contributed by atoms with van der Waals surface area (Å²) in [6, 6.07) is 31.6. The Bertz CT molecular complexity index is 1480. The Kier molecular flexibility index (Phi) is 6.76. The molecule has 0 radical (unpaired) electrons. The van der Waals surface area contributed by atoms with Gasteiger partial charge in [-0.1, -0.05) is 72.8 Å². The Morgan fingerprint density at radius 1 is 0.889 bits per heavy atom. The quantitative estimate of drug-likeness (QED) is 0.306. The molecule has 0 fully saturated rings. The van der Waals surface area contributed by atoms with E-state index >= 15 is 0 Å². The van der Waals surface area contributed by atoms with Crippen LogP contribution in [0.4, 0.5) is 0 Å².